The van der Waals surface area contributed by atoms with Gasteiger partial charge in [0.1, 0.15) is 13.2 Å². The molecule has 1 aliphatic heterocycles. The van der Waals surface area contributed by atoms with E-state index in [-0.39, 0.29) is 5.75 Å². The Morgan fingerprint density at radius 1 is 1.15 bits per heavy atom. The van der Waals surface area contributed by atoms with Crippen LogP contribution < -0.4 is 14.8 Å². The summed E-state index contributed by atoms with van der Waals surface area (Å²) in [5.74, 6) is 0.553. The highest BCUT2D eigenvalue weighted by atomic mass is 35.5. The molecule has 1 amide bonds. The predicted octanol–water partition coefficient (Wildman–Crippen LogP) is 3.77. The Balaban J connectivity index is 1.47. The van der Waals surface area contributed by atoms with E-state index < -0.39 is 18.0 Å². The second kappa shape index (κ2) is 9.01. The van der Waals surface area contributed by atoms with Crippen molar-refractivity contribution < 1.29 is 23.8 Å². The maximum absolute atomic E-state index is 12.1. The number of carbonyl (C=O) groups is 2. The van der Waals surface area contributed by atoms with Gasteiger partial charge >= 0.3 is 5.97 Å². The molecule has 0 aromatic heterocycles. The second-order valence-corrected chi connectivity index (χ2v) is 7.21. The van der Waals surface area contributed by atoms with Crippen molar-refractivity contribution in [3.8, 4) is 11.5 Å². The smallest absolute Gasteiger partial charge is 0.317 e. The van der Waals surface area contributed by atoms with Crippen LogP contribution in [-0.2, 0) is 14.3 Å². The maximum atomic E-state index is 12.1. The predicted molar refractivity (Wildman–Crippen MR) is 104 cm³/mol. The molecule has 0 fully saturated rings. The normalized spacial score (nSPS) is 13.6. The monoisotopic (exact) mass is 407 g/mol. The second-order valence-electron chi connectivity index (χ2n) is 5.72. The molecule has 1 aliphatic rings. The first-order valence-electron chi connectivity index (χ1n) is 8.29. The molecule has 6 nitrogen and oxygen atoms in total. The molecule has 0 spiro atoms. The molecule has 0 bridgehead atoms. The van der Waals surface area contributed by atoms with Crippen molar-refractivity contribution in [2.45, 2.75) is 17.9 Å². The molecule has 1 atom stereocenters. The highest BCUT2D eigenvalue weighted by molar-refractivity contribution is 8.00. The molecule has 0 saturated carbocycles. The summed E-state index contributed by atoms with van der Waals surface area (Å²) >= 11 is 7.11. The van der Waals surface area contributed by atoms with Crippen molar-refractivity contribution in [2.75, 3.05) is 24.3 Å². The van der Waals surface area contributed by atoms with Crippen LogP contribution in [0.3, 0.4) is 0 Å². The van der Waals surface area contributed by atoms with Gasteiger partial charge in [0.05, 0.1) is 5.75 Å². The van der Waals surface area contributed by atoms with Gasteiger partial charge in [0.25, 0.3) is 5.91 Å². The van der Waals surface area contributed by atoms with Gasteiger partial charge in [0, 0.05) is 15.6 Å². The number of rotatable bonds is 6. The zero-order chi connectivity index (χ0) is 19.2. The third-order valence-electron chi connectivity index (χ3n) is 3.66. The number of anilines is 1. The quantitative estimate of drug-likeness (QED) is 0.580. The highest BCUT2D eigenvalue weighted by Gasteiger charge is 2.19. The van der Waals surface area contributed by atoms with Gasteiger partial charge in [-0.1, -0.05) is 11.6 Å². The molecule has 1 N–H and O–H groups in total. The zero-order valence-corrected chi connectivity index (χ0v) is 16.1. The maximum Gasteiger partial charge on any atom is 0.317 e. The van der Waals surface area contributed by atoms with Crippen LogP contribution in [-0.4, -0.2) is 36.9 Å². The molecule has 2 aromatic carbocycles. The molecule has 3 rings (SSSR count). The molecule has 0 saturated heterocycles. The Morgan fingerprint density at radius 2 is 1.85 bits per heavy atom. The fourth-order valence-electron chi connectivity index (χ4n) is 2.32. The standard InChI is InChI=1S/C19H18ClNO5S/c1-12(19(23)21-14-4-2-13(20)3-5-14)26-18(22)11-27-15-6-7-16-17(10-15)25-9-8-24-16/h2-7,10,12H,8-9,11H2,1H3,(H,21,23)/t12-/m0/s1. The largest absolute Gasteiger partial charge is 0.486 e. The van der Waals surface area contributed by atoms with Crippen LogP contribution >= 0.6 is 23.4 Å². The summed E-state index contributed by atoms with van der Waals surface area (Å²) in [6.45, 7) is 2.56. The number of ether oxygens (including phenoxy) is 3. The topological polar surface area (TPSA) is 73.9 Å². The molecular formula is C19H18ClNO5S. The SMILES string of the molecule is C[C@H](OC(=O)CSc1ccc2c(c1)OCCO2)C(=O)Nc1ccc(Cl)cc1. The number of benzene rings is 2. The lowest BCUT2D eigenvalue weighted by molar-refractivity contribution is -0.150. The van der Waals surface area contributed by atoms with Gasteiger partial charge in [0.2, 0.25) is 0 Å². The summed E-state index contributed by atoms with van der Waals surface area (Å²) < 4.78 is 16.2. The van der Waals surface area contributed by atoms with Gasteiger partial charge in [-0.3, -0.25) is 9.59 Å². The van der Waals surface area contributed by atoms with Gasteiger partial charge in [-0.25, -0.2) is 0 Å². The van der Waals surface area contributed by atoms with Crippen LogP contribution in [0.4, 0.5) is 5.69 Å². The lowest BCUT2D eigenvalue weighted by Crippen LogP contribution is -2.30. The van der Waals surface area contributed by atoms with E-state index in [0.29, 0.717) is 35.4 Å². The van der Waals surface area contributed by atoms with E-state index in [1.54, 1.807) is 24.3 Å². The number of carbonyl (C=O) groups excluding carboxylic acids is 2. The van der Waals surface area contributed by atoms with Crippen LogP contribution in [0.25, 0.3) is 0 Å². The van der Waals surface area contributed by atoms with Gasteiger partial charge in [-0.15, -0.1) is 11.8 Å². The molecule has 0 aliphatic carbocycles. The van der Waals surface area contributed by atoms with E-state index >= 15 is 0 Å². The number of hydrogen-bond acceptors (Lipinski definition) is 6. The minimum atomic E-state index is -0.908. The first-order valence-corrected chi connectivity index (χ1v) is 9.66. The van der Waals surface area contributed by atoms with Crippen LogP contribution in [0, 0.1) is 0 Å². The summed E-state index contributed by atoms with van der Waals surface area (Å²) in [6.07, 6.45) is -0.908. The van der Waals surface area contributed by atoms with Crippen molar-refractivity contribution in [1.29, 1.82) is 0 Å². The summed E-state index contributed by atoms with van der Waals surface area (Å²) in [4.78, 5) is 25.0. The van der Waals surface area contributed by atoms with E-state index in [1.807, 2.05) is 18.2 Å². The Bertz CT molecular complexity index is 827. The molecule has 0 radical (unpaired) electrons. The third kappa shape index (κ3) is 5.55. The Morgan fingerprint density at radius 3 is 2.59 bits per heavy atom. The van der Waals surface area contributed by atoms with Crippen LogP contribution in [0.15, 0.2) is 47.4 Å². The van der Waals surface area contributed by atoms with E-state index in [9.17, 15) is 9.59 Å². The van der Waals surface area contributed by atoms with Crippen molar-refractivity contribution in [1.82, 2.24) is 0 Å². The Kier molecular flexibility index (Phi) is 6.47. The first-order chi connectivity index (χ1) is 13.0. The lowest BCUT2D eigenvalue weighted by atomic mass is 10.3. The summed E-state index contributed by atoms with van der Waals surface area (Å²) in [5, 5.41) is 3.24. The van der Waals surface area contributed by atoms with Gasteiger partial charge < -0.3 is 19.5 Å². The average molecular weight is 408 g/mol. The number of hydrogen-bond donors (Lipinski definition) is 1. The summed E-state index contributed by atoms with van der Waals surface area (Å²) in [5.41, 5.74) is 0.581. The Labute approximate surface area is 166 Å². The number of esters is 1. The average Bonchev–Trinajstić information content (AvgIpc) is 2.68. The third-order valence-corrected chi connectivity index (χ3v) is 4.88. The zero-order valence-electron chi connectivity index (χ0n) is 14.6. The fraction of sp³-hybridized carbons (Fsp3) is 0.263. The fourth-order valence-corrected chi connectivity index (χ4v) is 3.15. The molecule has 2 aromatic rings. The number of halogens is 1. The van der Waals surface area contributed by atoms with Crippen LogP contribution in [0.5, 0.6) is 11.5 Å². The first kappa shape index (κ1) is 19.4. The van der Waals surface area contributed by atoms with Crippen LogP contribution in [0.2, 0.25) is 5.02 Å². The van der Waals surface area contributed by atoms with E-state index in [4.69, 9.17) is 25.8 Å². The summed E-state index contributed by atoms with van der Waals surface area (Å²) in [7, 11) is 0. The molecule has 1 heterocycles. The minimum absolute atomic E-state index is 0.0816. The molecule has 8 heteroatoms. The molecule has 142 valence electrons. The van der Waals surface area contributed by atoms with Crippen molar-refractivity contribution in [2.24, 2.45) is 0 Å². The molecular weight excluding hydrogens is 390 g/mol. The van der Waals surface area contributed by atoms with Gasteiger partial charge in [0.15, 0.2) is 17.6 Å². The van der Waals surface area contributed by atoms with Crippen molar-refractivity contribution in [3.05, 3.63) is 47.5 Å². The van der Waals surface area contributed by atoms with Crippen molar-refractivity contribution in [3.63, 3.8) is 0 Å². The van der Waals surface area contributed by atoms with E-state index in [0.717, 1.165) is 4.90 Å². The van der Waals surface area contributed by atoms with Gasteiger partial charge in [-0.05, 0) is 49.4 Å². The van der Waals surface area contributed by atoms with E-state index in [1.165, 1.54) is 18.7 Å². The number of fused-ring (bicyclic) bond motifs is 1. The number of amides is 1. The molecule has 0 unspecified atom stereocenters. The van der Waals surface area contributed by atoms with Gasteiger partial charge in [-0.2, -0.15) is 0 Å². The Hall–Kier alpha value is -2.38. The summed E-state index contributed by atoms with van der Waals surface area (Å²) in [6, 6.07) is 12.2. The minimum Gasteiger partial charge on any atom is -0.486 e. The highest BCUT2D eigenvalue weighted by Crippen LogP contribution is 2.34. The molecule has 27 heavy (non-hydrogen) atoms. The van der Waals surface area contributed by atoms with Crippen molar-refractivity contribution >= 4 is 40.9 Å². The number of nitrogens with one attached hydrogen (secondary N) is 1. The lowest BCUT2D eigenvalue weighted by Gasteiger charge is -2.18. The number of thioether (sulfide) groups is 1. The van der Waals surface area contributed by atoms with E-state index in [2.05, 4.69) is 5.32 Å². The van der Waals surface area contributed by atoms with Crippen LogP contribution in [0.1, 0.15) is 6.92 Å².